The Bertz CT molecular complexity index is 618. The lowest BCUT2D eigenvalue weighted by Gasteiger charge is -2.26. The first kappa shape index (κ1) is 16.6. The van der Waals surface area contributed by atoms with Crippen LogP contribution < -0.4 is 16.2 Å². The highest BCUT2D eigenvalue weighted by molar-refractivity contribution is 7.89. The van der Waals surface area contributed by atoms with Crippen LogP contribution in [0.5, 0.6) is 0 Å². The molecule has 1 aromatic carbocycles. The maximum absolute atomic E-state index is 12.1. The van der Waals surface area contributed by atoms with E-state index in [1.807, 2.05) is 20.8 Å². The van der Waals surface area contributed by atoms with E-state index in [2.05, 4.69) is 5.32 Å². The van der Waals surface area contributed by atoms with Gasteiger partial charge in [-0.25, -0.2) is 13.6 Å². The first-order valence-corrected chi connectivity index (χ1v) is 7.68. The van der Waals surface area contributed by atoms with Crippen molar-refractivity contribution in [3.63, 3.8) is 0 Å². The number of nitrogens with two attached hydrogens (primary N) is 2. The Labute approximate surface area is 119 Å². The molecule has 0 radical (unpaired) electrons. The molecule has 112 valence electrons. The number of benzene rings is 1. The van der Waals surface area contributed by atoms with Gasteiger partial charge in [-0.1, -0.05) is 26.8 Å². The zero-order chi connectivity index (χ0) is 15.7. The van der Waals surface area contributed by atoms with Gasteiger partial charge in [-0.2, -0.15) is 0 Å². The third kappa shape index (κ3) is 3.78. The fourth-order valence-electron chi connectivity index (χ4n) is 1.66. The summed E-state index contributed by atoms with van der Waals surface area (Å²) < 4.78 is 22.9. The van der Waals surface area contributed by atoms with Crippen LogP contribution in [0.1, 0.15) is 26.3 Å². The standard InChI is InChI=1S/C13H21N3O3S/c1-8-9(6-5-7-10(8)20(15,18)19)16-12(17)11(14)13(2,3)4/h5-7,11H,14H2,1-4H3,(H,16,17)(H2,15,18,19)/t11-/m0/s1. The fraction of sp³-hybridized carbons (Fsp3) is 0.462. The Morgan fingerprint density at radius 3 is 2.30 bits per heavy atom. The second kappa shape index (κ2) is 5.51. The molecule has 1 aromatic rings. The smallest absolute Gasteiger partial charge is 0.241 e. The van der Waals surface area contributed by atoms with E-state index in [1.54, 1.807) is 13.0 Å². The second-order valence-corrected chi connectivity index (χ2v) is 7.34. The number of carbonyl (C=O) groups is 1. The lowest BCUT2D eigenvalue weighted by atomic mass is 9.87. The summed E-state index contributed by atoms with van der Waals surface area (Å²) in [6.07, 6.45) is 0. The Morgan fingerprint density at radius 2 is 1.85 bits per heavy atom. The molecule has 0 saturated carbocycles. The summed E-state index contributed by atoms with van der Waals surface area (Å²) in [6, 6.07) is 3.81. The van der Waals surface area contributed by atoms with Crippen LogP contribution in [0.15, 0.2) is 23.1 Å². The van der Waals surface area contributed by atoms with Gasteiger partial charge < -0.3 is 11.1 Å². The van der Waals surface area contributed by atoms with Gasteiger partial charge in [-0.15, -0.1) is 0 Å². The molecule has 7 heteroatoms. The molecule has 0 aliphatic rings. The first-order valence-electron chi connectivity index (χ1n) is 6.13. The molecule has 0 saturated heterocycles. The van der Waals surface area contributed by atoms with E-state index in [0.717, 1.165) is 0 Å². The minimum Gasteiger partial charge on any atom is -0.324 e. The number of anilines is 1. The van der Waals surface area contributed by atoms with E-state index < -0.39 is 21.5 Å². The number of primary sulfonamides is 1. The van der Waals surface area contributed by atoms with Crippen LogP contribution in [0, 0.1) is 12.3 Å². The molecule has 0 fully saturated rings. The summed E-state index contributed by atoms with van der Waals surface area (Å²) >= 11 is 0. The number of sulfonamides is 1. The van der Waals surface area contributed by atoms with E-state index >= 15 is 0 Å². The Balaban J connectivity index is 3.10. The van der Waals surface area contributed by atoms with Crippen molar-refractivity contribution in [3.05, 3.63) is 23.8 Å². The molecular formula is C13H21N3O3S. The third-order valence-corrected chi connectivity index (χ3v) is 4.12. The van der Waals surface area contributed by atoms with Gasteiger partial charge in [-0.3, -0.25) is 4.79 Å². The van der Waals surface area contributed by atoms with Crippen LogP contribution in [0.3, 0.4) is 0 Å². The number of amides is 1. The quantitative estimate of drug-likeness (QED) is 0.770. The van der Waals surface area contributed by atoms with E-state index in [4.69, 9.17) is 10.9 Å². The lowest BCUT2D eigenvalue weighted by Crippen LogP contribution is -2.45. The molecule has 6 nitrogen and oxygen atoms in total. The maximum Gasteiger partial charge on any atom is 0.241 e. The van der Waals surface area contributed by atoms with Gasteiger partial charge in [0.25, 0.3) is 0 Å². The number of hydrogen-bond acceptors (Lipinski definition) is 4. The lowest BCUT2D eigenvalue weighted by molar-refractivity contribution is -0.119. The van der Waals surface area contributed by atoms with Gasteiger partial charge >= 0.3 is 0 Å². The van der Waals surface area contributed by atoms with Gasteiger partial charge in [0.2, 0.25) is 15.9 Å². The molecule has 5 N–H and O–H groups in total. The van der Waals surface area contributed by atoms with Crippen molar-refractivity contribution < 1.29 is 13.2 Å². The van der Waals surface area contributed by atoms with Crippen molar-refractivity contribution in [2.45, 2.75) is 38.6 Å². The number of rotatable bonds is 3. The minimum atomic E-state index is -3.82. The predicted octanol–water partition coefficient (Wildman–Crippen LogP) is 0.954. The van der Waals surface area contributed by atoms with Gasteiger partial charge in [0.1, 0.15) is 0 Å². The highest BCUT2D eigenvalue weighted by Crippen LogP contribution is 2.24. The summed E-state index contributed by atoms with van der Waals surface area (Å²) in [5.41, 5.74) is 6.25. The largest absolute Gasteiger partial charge is 0.324 e. The molecule has 1 amide bonds. The Kier molecular flexibility index (Phi) is 4.58. The summed E-state index contributed by atoms with van der Waals surface area (Å²) in [5, 5.41) is 7.77. The average Bonchev–Trinajstić information content (AvgIpc) is 2.28. The molecule has 0 heterocycles. The van der Waals surface area contributed by atoms with Crippen molar-refractivity contribution in [1.29, 1.82) is 0 Å². The molecule has 1 atom stereocenters. The normalized spacial score (nSPS) is 13.9. The second-order valence-electron chi connectivity index (χ2n) is 5.81. The van der Waals surface area contributed by atoms with E-state index in [-0.39, 0.29) is 10.8 Å². The average molecular weight is 299 g/mol. The molecule has 0 bridgehead atoms. The van der Waals surface area contributed by atoms with E-state index in [0.29, 0.717) is 11.3 Å². The van der Waals surface area contributed by atoms with Crippen LogP contribution in [-0.4, -0.2) is 20.4 Å². The Morgan fingerprint density at radius 1 is 1.30 bits per heavy atom. The van der Waals surface area contributed by atoms with Crippen LogP contribution in [0.25, 0.3) is 0 Å². The van der Waals surface area contributed by atoms with Crippen molar-refractivity contribution >= 4 is 21.6 Å². The zero-order valence-electron chi connectivity index (χ0n) is 12.1. The van der Waals surface area contributed by atoms with Gasteiger partial charge in [0.05, 0.1) is 10.9 Å². The number of hydrogen-bond donors (Lipinski definition) is 3. The topological polar surface area (TPSA) is 115 Å². The van der Waals surface area contributed by atoms with Crippen molar-refractivity contribution in [2.24, 2.45) is 16.3 Å². The van der Waals surface area contributed by atoms with E-state index in [1.165, 1.54) is 12.1 Å². The molecule has 20 heavy (non-hydrogen) atoms. The number of carbonyl (C=O) groups excluding carboxylic acids is 1. The summed E-state index contributed by atoms with van der Waals surface area (Å²) in [4.78, 5) is 12.0. The van der Waals surface area contributed by atoms with Crippen LogP contribution in [0.4, 0.5) is 5.69 Å². The molecular weight excluding hydrogens is 278 g/mol. The van der Waals surface area contributed by atoms with Crippen molar-refractivity contribution in [3.8, 4) is 0 Å². The van der Waals surface area contributed by atoms with Gasteiger partial charge in [0.15, 0.2) is 0 Å². The molecule has 0 unspecified atom stereocenters. The van der Waals surface area contributed by atoms with Crippen LogP contribution >= 0.6 is 0 Å². The van der Waals surface area contributed by atoms with Crippen molar-refractivity contribution in [2.75, 3.05) is 5.32 Å². The monoisotopic (exact) mass is 299 g/mol. The maximum atomic E-state index is 12.1. The predicted molar refractivity (Wildman–Crippen MR) is 78.6 cm³/mol. The highest BCUT2D eigenvalue weighted by atomic mass is 32.2. The first-order chi connectivity index (χ1) is 8.94. The summed E-state index contributed by atoms with van der Waals surface area (Å²) in [7, 11) is -3.82. The highest BCUT2D eigenvalue weighted by Gasteiger charge is 2.28. The molecule has 1 rings (SSSR count). The molecule has 0 aliphatic carbocycles. The SMILES string of the molecule is Cc1c(NC(=O)[C@H](N)C(C)(C)C)cccc1S(N)(=O)=O. The van der Waals surface area contributed by atoms with Crippen molar-refractivity contribution in [1.82, 2.24) is 0 Å². The third-order valence-electron chi connectivity index (χ3n) is 3.06. The van der Waals surface area contributed by atoms with E-state index in [9.17, 15) is 13.2 Å². The summed E-state index contributed by atoms with van der Waals surface area (Å²) in [5.74, 6) is -0.368. The van der Waals surface area contributed by atoms with Gasteiger partial charge in [-0.05, 0) is 30.0 Å². The number of nitrogens with one attached hydrogen (secondary N) is 1. The minimum absolute atomic E-state index is 0.0142. The molecule has 0 aliphatic heterocycles. The van der Waals surface area contributed by atoms with Crippen LogP contribution in [0.2, 0.25) is 0 Å². The van der Waals surface area contributed by atoms with Crippen LogP contribution in [-0.2, 0) is 14.8 Å². The summed E-state index contributed by atoms with van der Waals surface area (Å²) in [6.45, 7) is 7.14. The molecule has 0 aromatic heterocycles. The fourth-order valence-corrected chi connectivity index (χ4v) is 2.47. The Hall–Kier alpha value is -1.44. The van der Waals surface area contributed by atoms with Gasteiger partial charge in [0, 0.05) is 5.69 Å². The molecule has 0 spiro atoms. The zero-order valence-corrected chi connectivity index (χ0v) is 12.9.